The van der Waals surface area contributed by atoms with Crippen LogP contribution in [-0.2, 0) is 13.9 Å². The number of methoxy groups -OCH3 is 1. The van der Waals surface area contributed by atoms with Gasteiger partial charge in [0.15, 0.2) is 17.3 Å². The molecule has 0 aliphatic carbocycles. The van der Waals surface area contributed by atoms with Crippen molar-refractivity contribution in [3.8, 4) is 5.75 Å². The van der Waals surface area contributed by atoms with Crippen LogP contribution in [0.25, 0.3) is 0 Å². The van der Waals surface area contributed by atoms with E-state index < -0.39 is 22.4 Å². The number of carbonyl (C=O) groups excluding carboxylic acids is 2. The predicted molar refractivity (Wildman–Crippen MR) is 62.0 cm³/mol. The Labute approximate surface area is 107 Å². The summed E-state index contributed by atoms with van der Waals surface area (Å²) in [7, 11) is 1.31. The van der Waals surface area contributed by atoms with Crippen LogP contribution in [-0.4, -0.2) is 19.2 Å². The lowest BCUT2D eigenvalue weighted by molar-refractivity contribution is -0.122. The van der Waals surface area contributed by atoms with E-state index in [-0.39, 0.29) is 11.3 Å². The van der Waals surface area contributed by atoms with Gasteiger partial charge in [0.2, 0.25) is 4.33 Å². The van der Waals surface area contributed by atoms with Crippen molar-refractivity contribution >= 4 is 35.3 Å². The van der Waals surface area contributed by atoms with Crippen molar-refractivity contribution < 1.29 is 18.7 Å². The van der Waals surface area contributed by atoms with Crippen molar-refractivity contribution in [2.45, 2.75) is 10.8 Å². The van der Waals surface area contributed by atoms with E-state index in [1.807, 2.05) is 0 Å². The van der Waals surface area contributed by atoms with Crippen molar-refractivity contribution in [1.82, 2.24) is 0 Å². The highest BCUT2D eigenvalue weighted by Gasteiger charge is 2.35. The van der Waals surface area contributed by atoms with E-state index in [2.05, 4.69) is 0 Å². The number of aldehydes is 1. The second-order valence-corrected chi connectivity index (χ2v) is 4.55. The molecule has 1 aromatic carbocycles. The smallest absolute Gasteiger partial charge is 0.201 e. The van der Waals surface area contributed by atoms with Crippen molar-refractivity contribution in [2.75, 3.05) is 7.11 Å². The third-order valence-electron chi connectivity index (χ3n) is 2.13. The third kappa shape index (κ3) is 2.96. The summed E-state index contributed by atoms with van der Waals surface area (Å²) in [6, 6.07) is 3.67. The number of ether oxygens (including phenoxy) is 1. The van der Waals surface area contributed by atoms with Crippen molar-refractivity contribution in [1.29, 1.82) is 0 Å². The number of ketones is 1. The molecule has 0 unspecified atom stereocenters. The van der Waals surface area contributed by atoms with Crippen molar-refractivity contribution in [3.05, 3.63) is 29.6 Å². The standard InChI is InChI=1S/C11H9Cl2FO3/c1-17-9-3-2-7(6-8(9)14)11(12,13)10(16)4-5-15/h2-3,5-6H,4H2,1H3. The molecule has 0 aromatic heterocycles. The SMILES string of the molecule is COc1ccc(C(Cl)(Cl)C(=O)CC=O)cc1F. The first-order chi connectivity index (χ1) is 7.93. The maximum absolute atomic E-state index is 13.4. The summed E-state index contributed by atoms with van der Waals surface area (Å²) in [5.41, 5.74) is 0.0611. The number of halogens is 3. The fourth-order valence-corrected chi connectivity index (χ4v) is 1.62. The summed E-state index contributed by atoms with van der Waals surface area (Å²) in [5, 5.41) is 0. The van der Waals surface area contributed by atoms with Gasteiger partial charge in [-0.1, -0.05) is 29.3 Å². The van der Waals surface area contributed by atoms with E-state index in [1.54, 1.807) is 0 Å². The molecule has 0 atom stereocenters. The molecule has 0 heterocycles. The Morgan fingerprint density at radius 2 is 2.18 bits per heavy atom. The van der Waals surface area contributed by atoms with E-state index in [9.17, 15) is 14.0 Å². The van der Waals surface area contributed by atoms with Crippen molar-refractivity contribution in [2.24, 2.45) is 0 Å². The summed E-state index contributed by atoms with van der Waals surface area (Å²) in [4.78, 5) is 21.7. The molecule has 17 heavy (non-hydrogen) atoms. The Kier molecular flexibility index (Phi) is 4.48. The number of alkyl halides is 2. The van der Waals surface area contributed by atoms with Crippen molar-refractivity contribution in [3.63, 3.8) is 0 Å². The molecule has 6 heteroatoms. The van der Waals surface area contributed by atoms with Gasteiger partial charge in [-0.05, 0) is 17.7 Å². The van der Waals surface area contributed by atoms with E-state index in [4.69, 9.17) is 27.9 Å². The summed E-state index contributed by atoms with van der Waals surface area (Å²) in [6.45, 7) is 0. The minimum Gasteiger partial charge on any atom is -0.494 e. The third-order valence-corrected chi connectivity index (χ3v) is 2.99. The predicted octanol–water partition coefficient (Wildman–Crippen LogP) is 2.62. The number of Topliss-reactive ketones (excluding diaryl/α,β-unsaturated/α-hetero) is 1. The molecule has 0 spiro atoms. The minimum atomic E-state index is -1.94. The summed E-state index contributed by atoms with van der Waals surface area (Å²) < 4.78 is 16.2. The van der Waals surface area contributed by atoms with Gasteiger partial charge in [0.25, 0.3) is 0 Å². The largest absolute Gasteiger partial charge is 0.494 e. The van der Waals surface area contributed by atoms with Gasteiger partial charge in [-0.3, -0.25) is 4.79 Å². The van der Waals surface area contributed by atoms with Gasteiger partial charge in [0.1, 0.15) is 6.29 Å². The maximum Gasteiger partial charge on any atom is 0.201 e. The first-order valence-electron chi connectivity index (χ1n) is 4.62. The molecule has 0 saturated heterocycles. The lowest BCUT2D eigenvalue weighted by Crippen LogP contribution is -2.23. The average Bonchev–Trinajstić information content (AvgIpc) is 2.29. The van der Waals surface area contributed by atoms with Gasteiger partial charge in [0, 0.05) is 0 Å². The molecule has 1 rings (SSSR count). The summed E-state index contributed by atoms with van der Waals surface area (Å²) >= 11 is 11.6. The Balaban J connectivity index is 3.11. The molecule has 0 N–H and O–H groups in total. The van der Waals surface area contributed by atoms with E-state index in [0.29, 0.717) is 6.29 Å². The highest BCUT2D eigenvalue weighted by Crippen LogP contribution is 2.37. The van der Waals surface area contributed by atoms with Gasteiger partial charge >= 0.3 is 0 Å². The summed E-state index contributed by atoms with van der Waals surface area (Å²) in [6.07, 6.45) is -0.0393. The highest BCUT2D eigenvalue weighted by molar-refractivity contribution is 6.58. The number of hydrogen-bond acceptors (Lipinski definition) is 3. The minimum absolute atomic E-state index is 0.0146. The number of rotatable bonds is 5. The molecule has 1 aromatic rings. The van der Waals surface area contributed by atoms with Crippen LogP contribution in [0.2, 0.25) is 0 Å². The molecule has 3 nitrogen and oxygen atoms in total. The van der Waals surface area contributed by atoms with E-state index in [1.165, 1.54) is 19.2 Å². The van der Waals surface area contributed by atoms with Crippen LogP contribution in [0.1, 0.15) is 12.0 Å². The van der Waals surface area contributed by atoms with Gasteiger partial charge < -0.3 is 9.53 Å². The molecule has 0 aliphatic heterocycles. The fourth-order valence-electron chi connectivity index (χ4n) is 1.23. The lowest BCUT2D eigenvalue weighted by Gasteiger charge is -2.18. The summed E-state index contributed by atoms with van der Waals surface area (Å²) in [5.74, 6) is -1.38. The van der Waals surface area contributed by atoms with Crippen LogP contribution in [0.4, 0.5) is 4.39 Å². The Bertz CT molecular complexity index is 446. The molecule has 0 fully saturated rings. The monoisotopic (exact) mass is 278 g/mol. The molecular formula is C11H9Cl2FO3. The number of hydrogen-bond donors (Lipinski definition) is 0. The average molecular weight is 279 g/mol. The van der Waals surface area contributed by atoms with Crippen LogP contribution in [0.3, 0.4) is 0 Å². The number of carbonyl (C=O) groups is 2. The molecule has 0 amide bonds. The van der Waals surface area contributed by atoms with Crippen LogP contribution in [0.15, 0.2) is 18.2 Å². The highest BCUT2D eigenvalue weighted by atomic mass is 35.5. The second-order valence-electron chi connectivity index (χ2n) is 3.22. The molecular weight excluding hydrogens is 270 g/mol. The normalized spacial score (nSPS) is 11.1. The van der Waals surface area contributed by atoms with Gasteiger partial charge in [0.05, 0.1) is 13.5 Å². The van der Waals surface area contributed by atoms with E-state index in [0.717, 1.165) is 6.07 Å². The van der Waals surface area contributed by atoms with E-state index >= 15 is 0 Å². The van der Waals surface area contributed by atoms with Crippen LogP contribution < -0.4 is 4.74 Å². The molecule has 0 radical (unpaired) electrons. The van der Waals surface area contributed by atoms with Gasteiger partial charge in [-0.2, -0.15) is 0 Å². The van der Waals surface area contributed by atoms with Crippen LogP contribution >= 0.6 is 23.2 Å². The molecule has 0 bridgehead atoms. The maximum atomic E-state index is 13.4. The van der Waals surface area contributed by atoms with Crippen LogP contribution in [0.5, 0.6) is 5.75 Å². The quantitative estimate of drug-likeness (QED) is 0.472. The second kappa shape index (κ2) is 5.47. The first kappa shape index (κ1) is 13.9. The Morgan fingerprint density at radius 3 is 2.65 bits per heavy atom. The van der Waals surface area contributed by atoms with Gasteiger partial charge in [-0.25, -0.2) is 4.39 Å². The number of benzene rings is 1. The lowest BCUT2D eigenvalue weighted by atomic mass is 10.1. The zero-order chi connectivity index (χ0) is 13.1. The fraction of sp³-hybridized carbons (Fsp3) is 0.273. The zero-order valence-corrected chi connectivity index (χ0v) is 10.4. The molecule has 0 saturated carbocycles. The van der Waals surface area contributed by atoms with Gasteiger partial charge in [-0.15, -0.1) is 0 Å². The first-order valence-corrected chi connectivity index (χ1v) is 5.37. The zero-order valence-electron chi connectivity index (χ0n) is 8.88. The molecule has 92 valence electrons. The van der Waals surface area contributed by atoms with Crippen LogP contribution in [0, 0.1) is 5.82 Å². The Morgan fingerprint density at radius 1 is 1.53 bits per heavy atom. The molecule has 0 aliphatic rings. The Hall–Kier alpha value is -1.13. The topological polar surface area (TPSA) is 43.4 Å².